The van der Waals surface area contributed by atoms with E-state index in [9.17, 15) is 19.5 Å². The second kappa shape index (κ2) is 6.59. The van der Waals surface area contributed by atoms with Gasteiger partial charge in [-0.25, -0.2) is 0 Å². The Morgan fingerprint density at radius 2 is 1.80 bits per heavy atom. The van der Waals surface area contributed by atoms with E-state index >= 15 is 0 Å². The van der Waals surface area contributed by atoms with Gasteiger partial charge in [0.25, 0.3) is 0 Å². The van der Waals surface area contributed by atoms with Gasteiger partial charge in [-0.2, -0.15) is 0 Å². The van der Waals surface area contributed by atoms with Crippen LogP contribution >= 0.6 is 0 Å². The lowest BCUT2D eigenvalue weighted by Crippen LogP contribution is -2.67. The quantitative estimate of drug-likeness (QED) is 0.465. The molecule has 1 N–H and O–H groups in total. The molecule has 6 nitrogen and oxygen atoms in total. The molecular weight excluding hydrogens is 340 g/mol. The summed E-state index contributed by atoms with van der Waals surface area (Å²) in [5.74, 6) is -2.41. The average Bonchev–Trinajstić information content (AvgIpc) is 2.50. The molecule has 0 aromatic rings. The summed E-state index contributed by atoms with van der Waals surface area (Å²) in [6.45, 7) is 10.3. The molecule has 25 heavy (non-hydrogen) atoms. The number of carbonyl (C=O) groups is 3. The van der Waals surface area contributed by atoms with E-state index in [1.165, 1.54) is 7.11 Å². The number of methoxy groups -OCH3 is 1. The van der Waals surface area contributed by atoms with Crippen LogP contribution in [0.1, 0.15) is 46.5 Å². The minimum Gasteiger partial charge on any atom is -0.468 e. The SMILES string of the molecule is COC(=O)[C@@]12C(=O)CCC(=O)[C@H]1[C@H](O)CC[C@H]2O[Si](C)(C)C(C)(C)C. The van der Waals surface area contributed by atoms with Crippen LogP contribution < -0.4 is 0 Å². The summed E-state index contributed by atoms with van der Waals surface area (Å²) in [5, 5.41) is 10.3. The van der Waals surface area contributed by atoms with E-state index < -0.39 is 37.8 Å². The summed E-state index contributed by atoms with van der Waals surface area (Å²) in [6, 6.07) is 0. The second-order valence-corrected chi connectivity index (χ2v) is 13.5. The van der Waals surface area contributed by atoms with Crippen LogP contribution in [-0.2, 0) is 23.5 Å². The topological polar surface area (TPSA) is 89.9 Å². The monoisotopic (exact) mass is 370 g/mol. The van der Waals surface area contributed by atoms with Crippen LogP contribution in [-0.4, -0.2) is 50.3 Å². The first-order valence-electron chi connectivity index (χ1n) is 8.90. The van der Waals surface area contributed by atoms with Crippen molar-refractivity contribution in [3.63, 3.8) is 0 Å². The highest BCUT2D eigenvalue weighted by Gasteiger charge is 2.67. The highest BCUT2D eigenvalue weighted by molar-refractivity contribution is 6.74. The maximum atomic E-state index is 13.0. The van der Waals surface area contributed by atoms with Crippen LogP contribution in [0.25, 0.3) is 0 Å². The van der Waals surface area contributed by atoms with Gasteiger partial charge in [0.2, 0.25) is 0 Å². The number of carbonyl (C=O) groups excluding carboxylic acids is 3. The van der Waals surface area contributed by atoms with E-state index in [2.05, 4.69) is 20.8 Å². The molecule has 0 bridgehead atoms. The maximum absolute atomic E-state index is 13.0. The van der Waals surface area contributed by atoms with Crippen LogP contribution in [0.15, 0.2) is 0 Å². The van der Waals surface area contributed by atoms with Crippen molar-refractivity contribution in [2.45, 2.75) is 76.8 Å². The fraction of sp³-hybridized carbons (Fsp3) is 0.833. The van der Waals surface area contributed by atoms with Crippen molar-refractivity contribution in [1.29, 1.82) is 0 Å². The zero-order valence-electron chi connectivity index (χ0n) is 16.0. The highest BCUT2D eigenvalue weighted by atomic mass is 28.4. The van der Waals surface area contributed by atoms with Crippen LogP contribution in [0.2, 0.25) is 18.1 Å². The molecule has 0 unspecified atom stereocenters. The Balaban J connectivity index is 2.56. The first-order valence-corrected chi connectivity index (χ1v) is 11.8. The van der Waals surface area contributed by atoms with Crippen LogP contribution in [0.5, 0.6) is 0 Å². The number of hydrogen-bond acceptors (Lipinski definition) is 6. The molecule has 0 aromatic heterocycles. The lowest BCUT2D eigenvalue weighted by Gasteiger charge is -2.52. The Bertz CT molecular complexity index is 569. The van der Waals surface area contributed by atoms with Gasteiger partial charge in [0.05, 0.1) is 25.2 Å². The fourth-order valence-electron chi connectivity index (χ4n) is 3.87. The summed E-state index contributed by atoms with van der Waals surface area (Å²) in [7, 11) is -1.09. The van der Waals surface area contributed by atoms with Gasteiger partial charge in [0, 0.05) is 12.8 Å². The molecule has 0 aromatic carbocycles. The molecule has 2 fully saturated rings. The smallest absolute Gasteiger partial charge is 0.322 e. The zero-order chi connectivity index (χ0) is 19.2. The van der Waals surface area contributed by atoms with Gasteiger partial charge >= 0.3 is 5.97 Å². The molecule has 0 saturated heterocycles. The van der Waals surface area contributed by atoms with E-state index in [0.29, 0.717) is 12.8 Å². The third-order valence-electron chi connectivity index (χ3n) is 6.28. The number of aliphatic hydroxyl groups excluding tert-OH is 1. The Morgan fingerprint density at radius 1 is 1.20 bits per heavy atom. The van der Waals surface area contributed by atoms with Gasteiger partial charge < -0.3 is 14.3 Å². The minimum atomic E-state index is -2.30. The molecule has 0 heterocycles. The maximum Gasteiger partial charge on any atom is 0.322 e. The number of ketones is 2. The van der Waals surface area contributed by atoms with Crippen LogP contribution in [0.4, 0.5) is 0 Å². The van der Waals surface area contributed by atoms with Gasteiger partial charge in [-0.1, -0.05) is 20.8 Å². The Hall–Kier alpha value is -1.05. The number of Topliss-reactive ketones (excluding diaryl/α,β-unsaturated/α-hetero) is 2. The minimum absolute atomic E-state index is 0.00544. The van der Waals surface area contributed by atoms with Crippen LogP contribution in [0, 0.1) is 11.3 Å². The van der Waals surface area contributed by atoms with E-state index in [0.717, 1.165) is 0 Å². The van der Waals surface area contributed by atoms with Gasteiger partial charge in [-0.3, -0.25) is 14.4 Å². The normalized spacial score (nSPS) is 33.8. The first kappa shape index (κ1) is 20.3. The number of fused-ring (bicyclic) bond motifs is 1. The summed E-state index contributed by atoms with van der Waals surface area (Å²) >= 11 is 0. The summed E-state index contributed by atoms with van der Waals surface area (Å²) in [6.07, 6.45) is -0.998. The Labute approximate surface area is 150 Å². The molecule has 0 amide bonds. The number of hydrogen-bond donors (Lipinski definition) is 1. The van der Waals surface area contributed by atoms with Crippen molar-refractivity contribution >= 4 is 25.9 Å². The highest BCUT2D eigenvalue weighted by Crippen LogP contribution is 2.51. The van der Waals surface area contributed by atoms with Gasteiger partial charge in [0.15, 0.2) is 19.5 Å². The van der Waals surface area contributed by atoms with Crippen LogP contribution in [0.3, 0.4) is 0 Å². The van der Waals surface area contributed by atoms with Crippen molar-refractivity contribution < 1.29 is 28.7 Å². The third-order valence-corrected chi connectivity index (χ3v) is 10.8. The third kappa shape index (κ3) is 3.10. The zero-order valence-corrected chi connectivity index (χ0v) is 17.0. The lowest BCUT2D eigenvalue weighted by molar-refractivity contribution is -0.189. The van der Waals surface area contributed by atoms with Gasteiger partial charge in [0.1, 0.15) is 5.78 Å². The number of ether oxygens (including phenoxy) is 1. The van der Waals surface area contributed by atoms with Gasteiger partial charge in [-0.05, 0) is 31.0 Å². The van der Waals surface area contributed by atoms with E-state index in [1.54, 1.807) is 0 Å². The molecule has 7 heteroatoms. The molecule has 2 saturated carbocycles. The molecule has 2 aliphatic rings. The number of esters is 1. The molecule has 0 spiro atoms. The summed E-state index contributed by atoms with van der Waals surface area (Å²) < 4.78 is 11.4. The Kier molecular flexibility index (Phi) is 5.34. The van der Waals surface area contributed by atoms with Crippen molar-refractivity contribution in [2.24, 2.45) is 11.3 Å². The number of rotatable bonds is 3. The standard InChI is InChI=1S/C18H30O6Si/c1-17(2,3)25(5,6)24-14-10-8-12(20)15-11(19)7-9-13(21)18(14,15)16(22)23-4/h12,14-15,20H,7-10H2,1-6H3/t12-,14-,15+,18-/m1/s1. The fourth-order valence-corrected chi connectivity index (χ4v) is 5.23. The summed E-state index contributed by atoms with van der Waals surface area (Å²) in [5.41, 5.74) is -1.71. The largest absolute Gasteiger partial charge is 0.468 e. The molecule has 2 aliphatic carbocycles. The van der Waals surface area contributed by atoms with Crippen molar-refractivity contribution in [3.05, 3.63) is 0 Å². The van der Waals surface area contributed by atoms with E-state index in [1.807, 2.05) is 13.1 Å². The lowest BCUT2D eigenvalue weighted by atomic mass is 9.55. The first-order chi connectivity index (χ1) is 11.4. The predicted octanol–water partition coefficient (Wildman–Crippen LogP) is 2.24. The number of aliphatic hydroxyl groups is 1. The molecule has 142 valence electrons. The molecule has 0 aliphatic heterocycles. The Morgan fingerprint density at radius 3 is 2.32 bits per heavy atom. The van der Waals surface area contributed by atoms with Crippen molar-refractivity contribution in [3.8, 4) is 0 Å². The predicted molar refractivity (Wildman–Crippen MR) is 94.5 cm³/mol. The van der Waals surface area contributed by atoms with Crippen molar-refractivity contribution in [2.75, 3.05) is 7.11 Å². The second-order valence-electron chi connectivity index (χ2n) is 8.74. The van der Waals surface area contributed by atoms with Gasteiger partial charge in [-0.15, -0.1) is 0 Å². The van der Waals surface area contributed by atoms with Crippen molar-refractivity contribution in [1.82, 2.24) is 0 Å². The molecule has 4 atom stereocenters. The molecule has 0 radical (unpaired) electrons. The van der Waals surface area contributed by atoms with E-state index in [-0.39, 0.29) is 29.4 Å². The molecule has 2 rings (SSSR count). The van der Waals surface area contributed by atoms with E-state index in [4.69, 9.17) is 9.16 Å². The summed E-state index contributed by atoms with van der Waals surface area (Å²) in [4.78, 5) is 38.3. The average molecular weight is 371 g/mol. The molecular formula is C18H30O6Si.